The van der Waals surface area contributed by atoms with E-state index in [0.717, 1.165) is 91.7 Å². The van der Waals surface area contributed by atoms with Crippen LogP contribution in [0.25, 0.3) is 0 Å². The fraction of sp³-hybridized carbons (Fsp3) is 0.667. The minimum Gasteiger partial charge on any atom is -0.508 e. The first-order chi connectivity index (χ1) is 11.2. The van der Waals surface area contributed by atoms with E-state index in [1.54, 1.807) is 0 Å². The number of benzene rings is 1. The quantitative estimate of drug-likeness (QED) is 0.268. The Bertz CT molecular complexity index is 430. The third-order valence-electron chi connectivity index (χ3n) is 4.13. The Morgan fingerprint density at radius 3 is 1.26 bits per heavy atom. The lowest BCUT2D eigenvalue weighted by atomic mass is 9.89. The molecule has 0 bridgehead atoms. The topological polar surface area (TPSA) is 40.5 Å². The summed E-state index contributed by atoms with van der Waals surface area (Å²) in [7, 11) is 0. The molecular formula is C18H30O2S3. The van der Waals surface area contributed by atoms with Crippen LogP contribution < -0.4 is 0 Å². The van der Waals surface area contributed by atoms with Crippen LogP contribution in [0, 0.1) is 0 Å². The van der Waals surface area contributed by atoms with Crippen molar-refractivity contribution in [2.45, 2.75) is 57.8 Å². The van der Waals surface area contributed by atoms with Crippen molar-refractivity contribution in [3.05, 3.63) is 22.8 Å². The van der Waals surface area contributed by atoms with Crippen molar-refractivity contribution < 1.29 is 10.2 Å². The van der Waals surface area contributed by atoms with Gasteiger partial charge in [0.1, 0.15) is 11.5 Å². The highest BCUT2D eigenvalue weighted by molar-refractivity contribution is 7.80. The molecule has 132 valence electrons. The standard InChI is InChI=1S/C18H30O2S3/c19-17-13-18(20)16(9-3-6-12-23)14(7-1-4-10-21)15(17)8-2-5-11-22/h13,19-23H,1-12H2. The molecular weight excluding hydrogens is 344 g/mol. The van der Waals surface area contributed by atoms with Crippen molar-refractivity contribution in [1.29, 1.82) is 0 Å². The summed E-state index contributed by atoms with van der Waals surface area (Å²) in [6.07, 6.45) is 8.77. The summed E-state index contributed by atoms with van der Waals surface area (Å²) in [6, 6.07) is 1.52. The van der Waals surface area contributed by atoms with Gasteiger partial charge in [0, 0.05) is 6.07 Å². The van der Waals surface area contributed by atoms with Crippen LogP contribution in [0.5, 0.6) is 11.5 Å². The lowest BCUT2D eigenvalue weighted by Gasteiger charge is -2.18. The van der Waals surface area contributed by atoms with Crippen molar-refractivity contribution in [3.8, 4) is 11.5 Å². The van der Waals surface area contributed by atoms with Crippen molar-refractivity contribution in [2.24, 2.45) is 0 Å². The zero-order chi connectivity index (χ0) is 17.1. The highest BCUT2D eigenvalue weighted by Crippen LogP contribution is 2.35. The first-order valence-electron chi connectivity index (χ1n) is 8.53. The van der Waals surface area contributed by atoms with Gasteiger partial charge in [-0.2, -0.15) is 37.9 Å². The number of phenolic OH excluding ortho intramolecular Hbond substituents is 2. The van der Waals surface area contributed by atoms with E-state index in [2.05, 4.69) is 37.9 Å². The van der Waals surface area contributed by atoms with Crippen LogP contribution in [0.1, 0.15) is 55.2 Å². The van der Waals surface area contributed by atoms with E-state index in [9.17, 15) is 10.2 Å². The van der Waals surface area contributed by atoms with E-state index in [1.807, 2.05) is 0 Å². The summed E-state index contributed by atoms with van der Waals surface area (Å²) < 4.78 is 0. The molecule has 0 radical (unpaired) electrons. The van der Waals surface area contributed by atoms with Gasteiger partial charge < -0.3 is 10.2 Å². The van der Waals surface area contributed by atoms with Crippen molar-refractivity contribution in [1.82, 2.24) is 0 Å². The summed E-state index contributed by atoms with van der Waals surface area (Å²) >= 11 is 12.8. The smallest absolute Gasteiger partial charge is 0.122 e. The highest BCUT2D eigenvalue weighted by atomic mass is 32.1. The number of unbranched alkanes of at least 4 members (excludes halogenated alkanes) is 3. The van der Waals surface area contributed by atoms with Gasteiger partial charge in [0.15, 0.2) is 0 Å². The molecule has 0 saturated heterocycles. The summed E-state index contributed by atoms with van der Waals surface area (Å²) in [5, 5.41) is 20.6. The molecule has 0 atom stereocenters. The minimum atomic E-state index is 0.237. The fourth-order valence-corrected chi connectivity index (χ4v) is 3.57. The molecule has 0 unspecified atom stereocenters. The van der Waals surface area contributed by atoms with Crippen LogP contribution in [0.15, 0.2) is 6.07 Å². The molecule has 0 aliphatic rings. The van der Waals surface area contributed by atoms with Gasteiger partial charge in [-0.1, -0.05) is 0 Å². The molecule has 0 aromatic heterocycles. The van der Waals surface area contributed by atoms with Crippen LogP contribution in [0.3, 0.4) is 0 Å². The van der Waals surface area contributed by atoms with E-state index in [1.165, 1.54) is 6.07 Å². The minimum absolute atomic E-state index is 0.237. The molecule has 0 fully saturated rings. The molecule has 0 aliphatic heterocycles. The van der Waals surface area contributed by atoms with Crippen molar-refractivity contribution >= 4 is 37.9 Å². The van der Waals surface area contributed by atoms with Crippen LogP contribution in [-0.4, -0.2) is 27.5 Å². The molecule has 0 heterocycles. The maximum Gasteiger partial charge on any atom is 0.122 e. The molecule has 1 rings (SSSR count). The molecule has 5 heteroatoms. The molecule has 0 aliphatic carbocycles. The maximum absolute atomic E-state index is 10.3. The first kappa shape index (κ1) is 20.9. The molecule has 2 nitrogen and oxygen atoms in total. The Morgan fingerprint density at radius 1 is 0.565 bits per heavy atom. The van der Waals surface area contributed by atoms with Crippen LogP contribution in [0.4, 0.5) is 0 Å². The molecule has 2 N–H and O–H groups in total. The van der Waals surface area contributed by atoms with E-state index < -0.39 is 0 Å². The number of thiol groups is 3. The Kier molecular flexibility index (Phi) is 11.2. The lowest BCUT2D eigenvalue weighted by Crippen LogP contribution is -2.04. The van der Waals surface area contributed by atoms with Crippen LogP contribution in [0.2, 0.25) is 0 Å². The predicted molar refractivity (Wildman–Crippen MR) is 110 cm³/mol. The van der Waals surface area contributed by atoms with Gasteiger partial charge in [-0.15, -0.1) is 0 Å². The number of aromatic hydroxyl groups is 2. The van der Waals surface area contributed by atoms with Crippen molar-refractivity contribution in [3.63, 3.8) is 0 Å². The summed E-state index contributed by atoms with van der Waals surface area (Å²) in [6.45, 7) is 0. The second-order valence-electron chi connectivity index (χ2n) is 5.89. The summed E-state index contributed by atoms with van der Waals surface area (Å²) in [4.78, 5) is 0. The number of hydrogen-bond donors (Lipinski definition) is 5. The SMILES string of the molecule is Oc1cc(O)c(CCCCS)c(CCCCS)c1CCCCS. The first-order valence-corrected chi connectivity index (χ1v) is 10.4. The van der Waals surface area contributed by atoms with Crippen LogP contribution >= 0.6 is 37.9 Å². The second-order valence-corrected chi connectivity index (χ2v) is 7.23. The van der Waals surface area contributed by atoms with Crippen LogP contribution in [-0.2, 0) is 19.3 Å². The number of rotatable bonds is 12. The van der Waals surface area contributed by atoms with E-state index in [4.69, 9.17) is 0 Å². The third kappa shape index (κ3) is 7.10. The molecule has 0 spiro atoms. The summed E-state index contributed by atoms with van der Waals surface area (Å²) in [5.41, 5.74) is 3.19. The Balaban J connectivity index is 3.04. The Labute approximate surface area is 157 Å². The number of hydrogen-bond acceptors (Lipinski definition) is 5. The van der Waals surface area contributed by atoms with Gasteiger partial charge >= 0.3 is 0 Å². The molecule has 1 aromatic rings. The highest BCUT2D eigenvalue weighted by Gasteiger charge is 2.17. The maximum atomic E-state index is 10.3. The molecule has 0 amide bonds. The van der Waals surface area contributed by atoms with E-state index >= 15 is 0 Å². The zero-order valence-corrected chi connectivity index (χ0v) is 16.5. The zero-order valence-electron chi connectivity index (χ0n) is 13.8. The molecule has 23 heavy (non-hydrogen) atoms. The molecule has 1 aromatic carbocycles. The van der Waals surface area contributed by atoms with Crippen molar-refractivity contribution in [2.75, 3.05) is 17.3 Å². The molecule has 0 saturated carbocycles. The Hall–Kier alpha value is -0.130. The lowest BCUT2D eigenvalue weighted by molar-refractivity contribution is 0.437. The summed E-state index contributed by atoms with van der Waals surface area (Å²) in [5.74, 6) is 3.07. The van der Waals surface area contributed by atoms with E-state index in [-0.39, 0.29) is 11.5 Å². The predicted octanol–water partition coefficient (Wildman–Crippen LogP) is 4.86. The van der Waals surface area contributed by atoms with Gasteiger partial charge in [0.25, 0.3) is 0 Å². The van der Waals surface area contributed by atoms with Gasteiger partial charge in [-0.25, -0.2) is 0 Å². The normalized spacial score (nSPS) is 11.1. The van der Waals surface area contributed by atoms with E-state index in [0.29, 0.717) is 0 Å². The van der Waals surface area contributed by atoms with Gasteiger partial charge in [-0.3, -0.25) is 0 Å². The average molecular weight is 375 g/mol. The average Bonchev–Trinajstić information content (AvgIpc) is 2.53. The van der Waals surface area contributed by atoms with Gasteiger partial charge in [0.05, 0.1) is 0 Å². The monoisotopic (exact) mass is 374 g/mol. The Morgan fingerprint density at radius 2 is 0.913 bits per heavy atom. The largest absolute Gasteiger partial charge is 0.508 e. The number of phenols is 2. The third-order valence-corrected chi connectivity index (χ3v) is 5.07. The second kappa shape index (κ2) is 12.3. The van der Waals surface area contributed by atoms with Gasteiger partial charge in [-0.05, 0) is 91.7 Å². The van der Waals surface area contributed by atoms with Gasteiger partial charge in [0.2, 0.25) is 0 Å². The fourth-order valence-electron chi connectivity index (χ4n) is 2.90.